The zero-order chi connectivity index (χ0) is 12.3. The molecular weight excluding hydrogens is 198 g/mol. The van der Waals surface area contributed by atoms with Crippen molar-refractivity contribution in [3.05, 3.63) is 46.5 Å². The molecule has 0 aromatic carbocycles. The van der Waals surface area contributed by atoms with Gasteiger partial charge in [0.05, 0.1) is 0 Å². The Hall–Kier alpha value is -1.77. The molecule has 0 aromatic rings. The number of nitrogens with two attached hydrogens (primary N) is 1. The van der Waals surface area contributed by atoms with Crippen LogP contribution in [0.15, 0.2) is 46.5 Å². The Balaban J connectivity index is 3.23. The van der Waals surface area contributed by atoms with Crippen LogP contribution in [0.5, 0.6) is 0 Å². The van der Waals surface area contributed by atoms with E-state index in [0.717, 1.165) is 34.4 Å². The number of dihydropyridines is 1. The van der Waals surface area contributed by atoms with Crippen LogP contribution < -0.4 is 11.1 Å². The molecule has 0 atom stereocenters. The summed E-state index contributed by atoms with van der Waals surface area (Å²) < 4.78 is 0. The smallest absolute Gasteiger partial charge is 0.108 e. The predicted octanol–water partition coefficient (Wildman–Crippen LogP) is 2.60. The maximum absolute atomic E-state index is 7.36. The van der Waals surface area contributed by atoms with Gasteiger partial charge in [-0.3, -0.25) is 0 Å². The van der Waals surface area contributed by atoms with Gasteiger partial charge in [0.1, 0.15) is 5.82 Å². The molecule has 1 aliphatic heterocycles. The van der Waals surface area contributed by atoms with E-state index in [2.05, 4.69) is 11.9 Å². The highest BCUT2D eigenvalue weighted by atomic mass is 15.0. The van der Waals surface area contributed by atoms with E-state index in [1.807, 2.05) is 26.8 Å². The molecule has 16 heavy (non-hydrogen) atoms. The van der Waals surface area contributed by atoms with Crippen LogP contribution in [0.2, 0.25) is 0 Å². The van der Waals surface area contributed by atoms with Crippen LogP contribution in [0, 0.1) is 5.41 Å². The lowest BCUT2D eigenvalue weighted by molar-refractivity contribution is 0.895. The van der Waals surface area contributed by atoms with Crippen molar-refractivity contribution in [2.24, 2.45) is 5.73 Å². The van der Waals surface area contributed by atoms with Crippen LogP contribution in [0.25, 0.3) is 0 Å². The summed E-state index contributed by atoms with van der Waals surface area (Å²) in [6.45, 7) is 9.86. The molecule has 1 rings (SSSR count). The molecular formula is C13H19N3. The van der Waals surface area contributed by atoms with Crippen molar-refractivity contribution >= 4 is 6.21 Å². The van der Waals surface area contributed by atoms with Crippen LogP contribution in [0.3, 0.4) is 0 Å². The van der Waals surface area contributed by atoms with Crippen LogP contribution in [0.1, 0.15) is 27.2 Å². The number of allylic oxidation sites excluding steroid dienone is 5. The quantitative estimate of drug-likeness (QED) is 0.636. The molecule has 3 heteroatoms. The molecule has 0 aromatic heterocycles. The van der Waals surface area contributed by atoms with E-state index >= 15 is 0 Å². The molecule has 0 spiro atoms. The number of rotatable bonds is 3. The van der Waals surface area contributed by atoms with E-state index in [1.54, 1.807) is 0 Å². The Labute approximate surface area is 96.9 Å². The van der Waals surface area contributed by atoms with E-state index in [9.17, 15) is 0 Å². The summed E-state index contributed by atoms with van der Waals surface area (Å²) in [4.78, 5) is 0. The van der Waals surface area contributed by atoms with Crippen molar-refractivity contribution in [2.75, 3.05) is 0 Å². The van der Waals surface area contributed by atoms with Gasteiger partial charge in [0.15, 0.2) is 0 Å². The summed E-state index contributed by atoms with van der Waals surface area (Å²) in [6.07, 6.45) is 4.20. The molecule has 0 unspecified atom stereocenters. The third-order valence-corrected chi connectivity index (χ3v) is 2.64. The van der Waals surface area contributed by atoms with Gasteiger partial charge in [-0.2, -0.15) is 0 Å². The lowest BCUT2D eigenvalue weighted by Crippen LogP contribution is -2.27. The van der Waals surface area contributed by atoms with E-state index in [4.69, 9.17) is 11.1 Å². The van der Waals surface area contributed by atoms with Crippen molar-refractivity contribution in [1.82, 2.24) is 5.32 Å². The summed E-state index contributed by atoms with van der Waals surface area (Å²) in [5.74, 6) is 0.612. The van der Waals surface area contributed by atoms with Gasteiger partial charge in [-0.05, 0) is 43.1 Å². The highest BCUT2D eigenvalue weighted by molar-refractivity contribution is 5.78. The van der Waals surface area contributed by atoms with E-state index in [1.165, 1.54) is 6.21 Å². The zero-order valence-corrected chi connectivity index (χ0v) is 10.1. The Kier molecular flexibility index (Phi) is 3.72. The van der Waals surface area contributed by atoms with Gasteiger partial charge >= 0.3 is 0 Å². The Bertz CT molecular complexity index is 422. The van der Waals surface area contributed by atoms with Crippen LogP contribution in [-0.4, -0.2) is 6.21 Å². The summed E-state index contributed by atoms with van der Waals surface area (Å²) >= 11 is 0. The van der Waals surface area contributed by atoms with Crippen molar-refractivity contribution in [2.45, 2.75) is 27.2 Å². The summed E-state index contributed by atoms with van der Waals surface area (Å²) in [5.41, 5.74) is 10.8. The Morgan fingerprint density at radius 1 is 1.62 bits per heavy atom. The first-order chi connectivity index (χ1) is 7.51. The first-order valence-corrected chi connectivity index (χ1v) is 5.36. The average Bonchev–Trinajstić information content (AvgIpc) is 2.23. The van der Waals surface area contributed by atoms with Gasteiger partial charge in [-0.1, -0.05) is 13.5 Å². The van der Waals surface area contributed by atoms with E-state index in [-0.39, 0.29) is 0 Å². The number of hydrogen-bond acceptors (Lipinski definition) is 3. The first-order valence-electron chi connectivity index (χ1n) is 5.36. The van der Waals surface area contributed by atoms with Gasteiger partial charge in [-0.25, -0.2) is 0 Å². The third-order valence-electron chi connectivity index (χ3n) is 2.64. The molecule has 3 nitrogen and oxygen atoms in total. The van der Waals surface area contributed by atoms with Gasteiger partial charge < -0.3 is 16.5 Å². The minimum atomic E-state index is 0.612. The van der Waals surface area contributed by atoms with Gasteiger partial charge in [0.2, 0.25) is 0 Å². The average molecular weight is 217 g/mol. The van der Waals surface area contributed by atoms with Gasteiger partial charge in [-0.15, -0.1) is 0 Å². The fraction of sp³-hybridized carbons (Fsp3) is 0.308. The topological polar surface area (TPSA) is 61.9 Å². The minimum absolute atomic E-state index is 0.612. The molecule has 4 N–H and O–H groups in total. The molecule has 0 aliphatic carbocycles. The Morgan fingerprint density at radius 3 is 2.69 bits per heavy atom. The van der Waals surface area contributed by atoms with E-state index in [0.29, 0.717) is 5.82 Å². The molecule has 1 aliphatic rings. The zero-order valence-electron chi connectivity index (χ0n) is 10.1. The number of nitrogens with one attached hydrogen (secondary N) is 2. The Morgan fingerprint density at radius 2 is 2.25 bits per heavy atom. The highest BCUT2D eigenvalue weighted by Gasteiger charge is 2.15. The second-order valence-corrected chi connectivity index (χ2v) is 3.96. The van der Waals surface area contributed by atoms with Crippen LogP contribution in [-0.2, 0) is 0 Å². The maximum Gasteiger partial charge on any atom is 0.108 e. The maximum atomic E-state index is 7.36. The van der Waals surface area contributed by atoms with Crippen LogP contribution in [0.4, 0.5) is 0 Å². The normalized spacial score (nSPS) is 18.8. The van der Waals surface area contributed by atoms with Crippen molar-refractivity contribution in [3.63, 3.8) is 0 Å². The van der Waals surface area contributed by atoms with Crippen molar-refractivity contribution in [1.29, 1.82) is 5.41 Å². The lowest BCUT2D eigenvalue weighted by atomic mass is 9.98. The van der Waals surface area contributed by atoms with E-state index < -0.39 is 0 Å². The second-order valence-electron chi connectivity index (χ2n) is 3.96. The first kappa shape index (κ1) is 12.3. The lowest BCUT2D eigenvalue weighted by Gasteiger charge is -2.22. The molecule has 0 bridgehead atoms. The molecule has 0 saturated heterocycles. The summed E-state index contributed by atoms with van der Waals surface area (Å²) in [6, 6.07) is 0. The van der Waals surface area contributed by atoms with Gasteiger partial charge in [0.25, 0.3) is 0 Å². The van der Waals surface area contributed by atoms with Crippen molar-refractivity contribution in [3.8, 4) is 0 Å². The molecule has 0 amide bonds. The third kappa shape index (κ3) is 2.24. The SMILES string of the molecule is C=C(C)C1=C(N)N/C(=C(\C=N)CC)C(C)=C1. The second kappa shape index (κ2) is 4.84. The molecule has 0 fully saturated rings. The molecule has 0 saturated carbocycles. The summed E-state index contributed by atoms with van der Waals surface area (Å²) in [7, 11) is 0. The van der Waals surface area contributed by atoms with Crippen molar-refractivity contribution < 1.29 is 0 Å². The largest absolute Gasteiger partial charge is 0.385 e. The fourth-order valence-electron chi connectivity index (χ4n) is 1.70. The minimum Gasteiger partial charge on any atom is -0.385 e. The molecule has 1 heterocycles. The monoisotopic (exact) mass is 217 g/mol. The standard InChI is InChI=1S/C13H19N3/c1-5-10(7-14)12-9(4)6-11(8(2)3)13(15)16-12/h6-7,14,16H,2,5,15H2,1,3-4H3/b12-10-,14-7?. The fourth-order valence-corrected chi connectivity index (χ4v) is 1.70. The van der Waals surface area contributed by atoms with Crippen LogP contribution >= 0.6 is 0 Å². The molecule has 0 radical (unpaired) electrons. The van der Waals surface area contributed by atoms with Gasteiger partial charge in [0, 0.05) is 17.5 Å². The molecule has 86 valence electrons. The predicted molar refractivity (Wildman–Crippen MR) is 69.0 cm³/mol. The summed E-state index contributed by atoms with van der Waals surface area (Å²) in [5, 5.41) is 10.5. The number of hydrogen-bond donors (Lipinski definition) is 3. The highest BCUT2D eigenvalue weighted by Crippen LogP contribution is 2.24.